The van der Waals surface area contributed by atoms with Crippen molar-refractivity contribution in [1.29, 1.82) is 0 Å². The minimum atomic E-state index is -0.200. The van der Waals surface area contributed by atoms with Gasteiger partial charge in [0.15, 0.2) is 5.11 Å². The van der Waals surface area contributed by atoms with E-state index in [9.17, 15) is 4.79 Å². The van der Waals surface area contributed by atoms with Crippen molar-refractivity contribution in [3.63, 3.8) is 0 Å². The van der Waals surface area contributed by atoms with Gasteiger partial charge in [-0.2, -0.15) is 0 Å². The van der Waals surface area contributed by atoms with Crippen LogP contribution in [0, 0.1) is 13.8 Å². The Morgan fingerprint density at radius 2 is 1.68 bits per heavy atom. The zero-order valence-electron chi connectivity index (χ0n) is 14.6. The molecule has 0 aromatic heterocycles. The van der Waals surface area contributed by atoms with Crippen LogP contribution in [0.1, 0.15) is 34.3 Å². The highest BCUT2D eigenvalue weighted by atomic mass is 32.1. The lowest BCUT2D eigenvalue weighted by atomic mass is 10.1. The molecule has 5 heteroatoms. The molecule has 130 valence electrons. The zero-order valence-corrected chi connectivity index (χ0v) is 15.5. The number of carbonyl (C=O) groups is 1. The Kier molecular flexibility index (Phi) is 5.34. The molecule has 1 saturated heterocycles. The van der Waals surface area contributed by atoms with Gasteiger partial charge in [-0.1, -0.05) is 6.07 Å². The number of nitrogens with zero attached hydrogens (tertiary/aromatic N) is 1. The fourth-order valence-corrected chi connectivity index (χ4v) is 3.16. The third kappa shape index (κ3) is 4.37. The summed E-state index contributed by atoms with van der Waals surface area (Å²) in [6.07, 6.45) is 2.52. The first kappa shape index (κ1) is 17.4. The average Bonchev–Trinajstić information content (AvgIpc) is 3.12. The van der Waals surface area contributed by atoms with Crippen LogP contribution in [0.25, 0.3) is 0 Å². The Morgan fingerprint density at radius 3 is 2.32 bits per heavy atom. The molecule has 2 N–H and O–H groups in total. The molecule has 1 amide bonds. The highest BCUT2D eigenvalue weighted by Crippen LogP contribution is 2.22. The Labute approximate surface area is 154 Å². The smallest absolute Gasteiger partial charge is 0.257 e. The third-order valence-electron chi connectivity index (χ3n) is 4.59. The number of benzene rings is 2. The summed E-state index contributed by atoms with van der Waals surface area (Å²) in [5.74, 6) is -0.200. The Hall–Kier alpha value is -2.40. The lowest BCUT2D eigenvalue weighted by molar-refractivity contribution is 0.0977. The van der Waals surface area contributed by atoms with Gasteiger partial charge in [-0.15, -0.1) is 0 Å². The maximum atomic E-state index is 12.3. The van der Waals surface area contributed by atoms with Crippen molar-refractivity contribution in [2.24, 2.45) is 0 Å². The molecule has 0 spiro atoms. The highest BCUT2D eigenvalue weighted by molar-refractivity contribution is 7.80. The number of amides is 1. The van der Waals surface area contributed by atoms with Gasteiger partial charge in [-0.3, -0.25) is 10.1 Å². The Bertz CT molecular complexity index is 780. The van der Waals surface area contributed by atoms with Gasteiger partial charge >= 0.3 is 0 Å². The monoisotopic (exact) mass is 353 g/mol. The molecular formula is C20H23N3OS. The van der Waals surface area contributed by atoms with Crippen LogP contribution in [-0.2, 0) is 0 Å². The molecule has 4 nitrogen and oxygen atoms in total. The minimum absolute atomic E-state index is 0.200. The summed E-state index contributed by atoms with van der Waals surface area (Å²) in [5, 5.41) is 6.10. The first-order chi connectivity index (χ1) is 12.0. The van der Waals surface area contributed by atoms with E-state index < -0.39 is 0 Å². The van der Waals surface area contributed by atoms with Crippen molar-refractivity contribution < 1.29 is 4.79 Å². The quantitative estimate of drug-likeness (QED) is 0.818. The molecule has 1 aliphatic rings. The number of rotatable bonds is 3. The molecule has 2 aromatic carbocycles. The van der Waals surface area contributed by atoms with Crippen LogP contribution >= 0.6 is 12.2 Å². The standard InChI is InChI=1S/C20H23N3OS/c1-14-5-6-16(13-15(14)2)19(24)22-20(25)21-17-7-9-18(10-8-17)23-11-3-4-12-23/h5-10,13H,3-4,11-12H2,1-2H3,(H2,21,22,24,25). The first-order valence-electron chi connectivity index (χ1n) is 8.57. The minimum Gasteiger partial charge on any atom is -0.372 e. The lowest BCUT2D eigenvalue weighted by Gasteiger charge is -2.18. The van der Waals surface area contributed by atoms with Crippen molar-refractivity contribution >= 4 is 34.6 Å². The zero-order chi connectivity index (χ0) is 17.8. The van der Waals surface area contributed by atoms with Crippen LogP contribution in [-0.4, -0.2) is 24.1 Å². The predicted molar refractivity (Wildman–Crippen MR) is 107 cm³/mol. The molecule has 1 aliphatic heterocycles. The highest BCUT2D eigenvalue weighted by Gasteiger charge is 2.12. The van der Waals surface area contributed by atoms with Crippen LogP contribution in [0.2, 0.25) is 0 Å². The summed E-state index contributed by atoms with van der Waals surface area (Å²) in [7, 11) is 0. The topological polar surface area (TPSA) is 44.4 Å². The van der Waals surface area contributed by atoms with Gasteiger partial charge in [-0.05, 0) is 86.4 Å². The molecule has 3 rings (SSSR count). The van der Waals surface area contributed by atoms with Gasteiger partial charge in [0.05, 0.1) is 0 Å². The molecule has 1 fully saturated rings. The Balaban J connectivity index is 1.58. The molecule has 25 heavy (non-hydrogen) atoms. The summed E-state index contributed by atoms with van der Waals surface area (Å²) in [5.41, 5.74) is 4.96. The van der Waals surface area contributed by atoms with E-state index in [1.807, 2.05) is 44.2 Å². The second-order valence-corrected chi connectivity index (χ2v) is 6.86. The molecular weight excluding hydrogens is 330 g/mol. The molecule has 2 aromatic rings. The molecule has 1 heterocycles. The molecule has 0 unspecified atom stereocenters. The average molecular weight is 353 g/mol. The van der Waals surface area contributed by atoms with Gasteiger partial charge in [0.1, 0.15) is 0 Å². The van der Waals surface area contributed by atoms with Crippen molar-refractivity contribution in [3.8, 4) is 0 Å². The van der Waals surface area contributed by atoms with Gasteiger partial charge < -0.3 is 10.2 Å². The normalized spacial score (nSPS) is 13.6. The number of nitrogens with one attached hydrogen (secondary N) is 2. The van der Waals surface area contributed by atoms with E-state index in [-0.39, 0.29) is 5.91 Å². The van der Waals surface area contributed by atoms with Gasteiger partial charge in [0.25, 0.3) is 5.91 Å². The number of hydrogen-bond acceptors (Lipinski definition) is 3. The van der Waals surface area contributed by atoms with E-state index in [0.717, 1.165) is 29.9 Å². The second-order valence-electron chi connectivity index (χ2n) is 6.45. The molecule has 0 atom stereocenters. The van der Waals surface area contributed by atoms with E-state index in [0.29, 0.717) is 10.7 Å². The van der Waals surface area contributed by atoms with Gasteiger partial charge in [0.2, 0.25) is 0 Å². The summed E-state index contributed by atoms with van der Waals surface area (Å²) in [4.78, 5) is 14.7. The Morgan fingerprint density at radius 1 is 1.00 bits per heavy atom. The van der Waals surface area contributed by atoms with E-state index in [2.05, 4.69) is 27.7 Å². The summed E-state index contributed by atoms with van der Waals surface area (Å²) in [6, 6.07) is 13.8. The van der Waals surface area contributed by atoms with Gasteiger partial charge in [-0.25, -0.2) is 0 Å². The molecule has 0 aliphatic carbocycles. The van der Waals surface area contributed by atoms with Crippen LogP contribution < -0.4 is 15.5 Å². The predicted octanol–water partition coefficient (Wildman–Crippen LogP) is 4.03. The molecule has 0 radical (unpaired) electrons. The van der Waals surface area contributed by atoms with Gasteiger partial charge in [0, 0.05) is 30.0 Å². The van der Waals surface area contributed by atoms with Crippen LogP contribution in [0.15, 0.2) is 42.5 Å². The van der Waals surface area contributed by atoms with E-state index in [1.54, 1.807) is 0 Å². The number of anilines is 2. The molecule has 0 saturated carbocycles. The van der Waals surface area contributed by atoms with Crippen molar-refractivity contribution in [1.82, 2.24) is 5.32 Å². The van der Waals surface area contributed by atoms with Crippen molar-refractivity contribution in [2.75, 3.05) is 23.3 Å². The summed E-state index contributed by atoms with van der Waals surface area (Å²) < 4.78 is 0. The number of aryl methyl sites for hydroxylation is 2. The van der Waals surface area contributed by atoms with Crippen LogP contribution in [0.4, 0.5) is 11.4 Å². The van der Waals surface area contributed by atoms with Crippen LogP contribution in [0.5, 0.6) is 0 Å². The first-order valence-corrected chi connectivity index (χ1v) is 8.98. The summed E-state index contributed by atoms with van der Waals surface area (Å²) in [6.45, 7) is 6.26. The number of hydrogen-bond donors (Lipinski definition) is 2. The number of carbonyl (C=O) groups excluding carboxylic acids is 1. The maximum Gasteiger partial charge on any atom is 0.257 e. The van der Waals surface area contributed by atoms with E-state index in [4.69, 9.17) is 12.2 Å². The third-order valence-corrected chi connectivity index (χ3v) is 4.80. The largest absolute Gasteiger partial charge is 0.372 e. The summed E-state index contributed by atoms with van der Waals surface area (Å²) >= 11 is 5.26. The number of thiocarbonyl (C=S) groups is 1. The fourth-order valence-electron chi connectivity index (χ4n) is 2.95. The second kappa shape index (κ2) is 7.66. The fraction of sp³-hybridized carbons (Fsp3) is 0.300. The molecule has 0 bridgehead atoms. The van der Waals surface area contributed by atoms with E-state index in [1.165, 1.54) is 18.5 Å². The van der Waals surface area contributed by atoms with Crippen molar-refractivity contribution in [3.05, 3.63) is 59.2 Å². The van der Waals surface area contributed by atoms with Crippen LogP contribution in [0.3, 0.4) is 0 Å². The van der Waals surface area contributed by atoms with Crippen molar-refractivity contribution in [2.45, 2.75) is 26.7 Å². The van der Waals surface area contributed by atoms with E-state index >= 15 is 0 Å². The SMILES string of the molecule is Cc1ccc(C(=O)NC(=S)Nc2ccc(N3CCCC3)cc2)cc1C. The lowest BCUT2D eigenvalue weighted by Crippen LogP contribution is -2.34. The maximum absolute atomic E-state index is 12.3.